The average Bonchev–Trinajstić information content (AvgIpc) is 3.34. The summed E-state index contributed by atoms with van der Waals surface area (Å²) in [7, 11) is 0. The van der Waals surface area contributed by atoms with Gasteiger partial charge in [-0.15, -0.1) is 0 Å². The van der Waals surface area contributed by atoms with Crippen LogP contribution in [0.25, 0.3) is 39.8 Å². The van der Waals surface area contributed by atoms with Crippen LogP contribution in [-0.4, -0.2) is 26.2 Å². The molecule has 0 saturated heterocycles. The van der Waals surface area contributed by atoms with Crippen LogP contribution in [0.5, 0.6) is 5.75 Å². The summed E-state index contributed by atoms with van der Waals surface area (Å²) in [5.41, 5.74) is 2.84. The minimum atomic E-state index is -0.503. The number of nitrogens with zero attached hydrogens (tertiary/aromatic N) is 3. The van der Waals surface area contributed by atoms with Gasteiger partial charge in [0.05, 0.1) is 21.6 Å². The summed E-state index contributed by atoms with van der Waals surface area (Å²) >= 11 is 6.31. The molecule has 0 saturated carbocycles. The number of rotatable bonds is 6. The molecule has 8 nitrogen and oxygen atoms in total. The highest BCUT2D eigenvalue weighted by Crippen LogP contribution is 2.33. The maximum absolute atomic E-state index is 10.6. The Hall–Kier alpha value is -3.65. The molecule has 30 heavy (non-hydrogen) atoms. The Labute approximate surface area is 176 Å². The van der Waals surface area contributed by atoms with Crippen LogP contribution in [0, 0.1) is 10.1 Å². The van der Waals surface area contributed by atoms with E-state index in [1.54, 1.807) is 24.4 Å². The number of para-hydroxylation sites is 1. The first kappa shape index (κ1) is 19.7. The van der Waals surface area contributed by atoms with E-state index >= 15 is 0 Å². The molecule has 0 spiro atoms. The van der Waals surface area contributed by atoms with E-state index in [1.807, 2.05) is 32.0 Å². The van der Waals surface area contributed by atoms with Crippen LogP contribution >= 0.6 is 11.6 Å². The van der Waals surface area contributed by atoms with Gasteiger partial charge in [0.2, 0.25) is 12.0 Å². The molecule has 0 atom stereocenters. The quantitative estimate of drug-likeness (QED) is 0.320. The molecule has 0 aliphatic heterocycles. The maximum atomic E-state index is 10.6. The summed E-state index contributed by atoms with van der Waals surface area (Å²) in [6.07, 6.45) is 4.04. The molecule has 0 aliphatic rings. The Morgan fingerprint density at radius 1 is 1.30 bits per heavy atom. The van der Waals surface area contributed by atoms with Crippen molar-refractivity contribution in [3.63, 3.8) is 0 Å². The van der Waals surface area contributed by atoms with Crippen molar-refractivity contribution in [3.8, 4) is 28.6 Å². The minimum absolute atomic E-state index is 0.00901. The zero-order valence-corrected chi connectivity index (χ0v) is 16.9. The van der Waals surface area contributed by atoms with Crippen LogP contribution in [0.3, 0.4) is 0 Å². The molecule has 0 bridgehead atoms. The maximum Gasteiger partial charge on any atom is 0.258 e. The number of hydrogen-bond donors (Lipinski definition) is 1. The van der Waals surface area contributed by atoms with Gasteiger partial charge in [-0.05, 0) is 38.1 Å². The first-order valence-corrected chi connectivity index (χ1v) is 9.52. The third-order valence-corrected chi connectivity index (χ3v) is 4.63. The summed E-state index contributed by atoms with van der Waals surface area (Å²) in [5.74, 6) is 1.29. The van der Waals surface area contributed by atoms with E-state index in [0.717, 1.165) is 17.1 Å². The van der Waals surface area contributed by atoms with Crippen LogP contribution in [0.4, 0.5) is 0 Å². The van der Waals surface area contributed by atoms with Crippen LogP contribution in [-0.2, 0) is 0 Å². The van der Waals surface area contributed by atoms with E-state index in [9.17, 15) is 10.1 Å². The molecule has 2 aromatic heterocycles. The Morgan fingerprint density at radius 2 is 2.13 bits per heavy atom. The molecule has 1 N–H and O–H groups in total. The number of ether oxygens (including phenoxy) is 1. The molecular weight excluding hydrogens is 408 g/mol. The zero-order valence-electron chi connectivity index (χ0n) is 16.1. The topological polar surface area (TPSA) is 107 Å². The molecule has 0 radical (unpaired) electrons. The third-order valence-electron chi connectivity index (χ3n) is 4.33. The SMILES string of the molecule is CC(C)Oc1ccc(-c2nc(-c3cccc4c(/C=C/[N+](=O)[O-])c[nH]c34)no2)cc1Cl. The lowest BCUT2D eigenvalue weighted by molar-refractivity contribution is -0.400. The Morgan fingerprint density at radius 3 is 2.87 bits per heavy atom. The molecule has 0 unspecified atom stereocenters. The van der Waals surface area contributed by atoms with Crippen molar-refractivity contribution in [2.45, 2.75) is 20.0 Å². The normalized spacial score (nSPS) is 11.6. The van der Waals surface area contributed by atoms with Gasteiger partial charge in [-0.25, -0.2) is 0 Å². The summed E-state index contributed by atoms with van der Waals surface area (Å²) in [6, 6.07) is 10.8. The molecule has 9 heteroatoms. The molecular formula is C21H17ClN4O4. The van der Waals surface area contributed by atoms with Gasteiger partial charge in [0, 0.05) is 34.3 Å². The number of aromatic nitrogens is 3. The van der Waals surface area contributed by atoms with Crippen LogP contribution in [0.15, 0.2) is 53.3 Å². The second-order valence-corrected chi connectivity index (χ2v) is 7.22. The summed E-state index contributed by atoms with van der Waals surface area (Å²) in [6.45, 7) is 3.85. The van der Waals surface area contributed by atoms with E-state index in [4.69, 9.17) is 20.9 Å². The van der Waals surface area contributed by atoms with E-state index in [-0.39, 0.29) is 6.10 Å². The highest BCUT2D eigenvalue weighted by molar-refractivity contribution is 6.32. The number of nitrogens with one attached hydrogen (secondary N) is 1. The summed E-state index contributed by atoms with van der Waals surface area (Å²) < 4.78 is 11.1. The van der Waals surface area contributed by atoms with Gasteiger partial charge in [-0.2, -0.15) is 4.98 Å². The molecule has 2 heterocycles. The third kappa shape index (κ3) is 3.90. The highest BCUT2D eigenvalue weighted by atomic mass is 35.5. The molecule has 0 fully saturated rings. The first-order chi connectivity index (χ1) is 14.4. The predicted molar refractivity (Wildman–Crippen MR) is 114 cm³/mol. The Bertz CT molecular complexity index is 1260. The zero-order chi connectivity index (χ0) is 21.3. The number of nitro groups is 1. The lowest BCUT2D eigenvalue weighted by atomic mass is 10.1. The average molecular weight is 425 g/mol. The van der Waals surface area contributed by atoms with Crippen molar-refractivity contribution in [1.29, 1.82) is 0 Å². The standard InChI is InChI=1S/C21H17ClN4O4/c1-12(2)29-18-7-6-13(10-17(18)22)21-24-20(25-30-21)16-5-3-4-15-14(8-9-26(27)28)11-23-19(15)16/h3-12,23H,1-2H3/b9-8+. The summed E-state index contributed by atoms with van der Waals surface area (Å²) in [5, 5.41) is 16.0. The molecule has 2 aromatic carbocycles. The fourth-order valence-corrected chi connectivity index (χ4v) is 3.30. The molecule has 152 valence electrons. The number of hydrogen-bond acceptors (Lipinski definition) is 6. The number of fused-ring (bicyclic) bond motifs is 1. The van der Waals surface area contributed by atoms with E-state index in [2.05, 4.69) is 15.1 Å². The fraction of sp³-hybridized carbons (Fsp3) is 0.143. The van der Waals surface area contributed by atoms with Crippen LogP contribution in [0.1, 0.15) is 19.4 Å². The van der Waals surface area contributed by atoms with Crippen molar-refractivity contribution < 1.29 is 14.2 Å². The Balaban J connectivity index is 1.68. The second-order valence-electron chi connectivity index (χ2n) is 6.81. The van der Waals surface area contributed by atoms with E-state index in [0.29, 0.717) is 39.2 Å². The van der Waals surface area contributed by atoms with Gasteiger partial charge in [0.25, 0.3) is 5.89 Å². The van der Waals surface area contributed by atoms with Gasteiger partial charge >= 0.3 is 0 Å². The molecule has 4 rings (SSSR count). The predicted octanol–water partition coefficient (Wildman–Crippen LogP) is 5.57. The van der Waals surface area contributed by atoms with E-state index < -0.39 is 4.92 Å². The smallest absolute Gasteiger partial charge is 0.258 e. The van der Waals surface area contributed by atoms with Gasteiger partial charge in [0.1, 0.15) is 5.75 Å². The van der Waals surface area contributed by atoms with Crippen molar-refractivity contribution >= 4 is 28.6 Å². The van der Waals surface area contributed by atoms with Gasteiger partial charge in [-0.1, -0.05) is 28.9 Å². The summed E-state index contributed by atoms with van der Waals surface area (Å²) in [4.78, 5) is 17.7. The number of benzene rings is 2. The lowest BCUT2D eigenvalue weighted by Gasteiger charge is -2.11. The largest absolute Gasteiger partial charge is 0.489 e. The molecule has 4 aromatic rings. The minimum Gasteiger partial charge on any atom is -0.489 e. The number of halogens is 1. The van der Waals surface area contributed by atoms with Crippen molar-refractivity contribution in [3.05, 3.63) is 69.5 Å². The molecule has 0 aliphatic carbocycles. The second kappa shape index (κ2) is 8.00. The van der Waals surface area contributed by atoms with Crippen LogP contribution in [0.2, 0.25) is 5.02 Å². The first-order valence-electron chi connectivity index (χ1n) is 9.15. The number of H-pyrrole nitrogens is 1. The monoisotopic (exact) mass is 424 g/mol. The van der Waals surface area contributed by atoms with E-state index in [1.165, 1.54) is 6.08 Å². The lowest BCUT2D eigenvalue weighted by Crippen LogP contribution is -2.05. The van der Waals surface area contributed by atoms with Gasteiger partial charge < -0.3 is 14.2 Å². The molecule has 0 amide bonds. The van der Waals surface area contributed by atoms with Crippen molar-refractivity contribution in [2.75, 3.05) is 0 Å². The Kier molecular flexibility index (Phi) is 5.24. The number of aromatic amines is 1. The van der Waals surface area contributed by atoms with Gasteiger partial charge in [0.15, 0.2) is 0 Å². The van der Waals surface area contributed by atoms with Crippen molar-refractivity contribution in [2.24, 2.45) is 0 Å². The van der Waals surface area contributed by atoms with Gasteiger partial charge in [-0.3, -0.25) is 10.1 Å². The fourth-order valence-electron chi connectivity index (χ4n) is 3.07. The highest BCUT2D eigenvalue weighted by Gasteiger charge is 2.16. The van der Waals surface area contributed by atoms with Crippen LogP contribution < -0.4 is 4.74 Å². The van der Waals surface area contributed by atoms with Crippen molar-refractivity contribution in [1.82, 2.24) is 15.1 Å².